The number of carboxylic acid groups (broad SMARTS) is 1. The van der Waals surface area contributed by atoms with Crippen LogP contribution < -0.4 is 0 Å². The zero-order chi connectivity index (χ0) is 16.3. The molecule has 0 aliphatic heterocycles. The highest BCUT2D eigenvalue weighted by molar-refractivity contribution is 6.01. The van der Waals surface area contributed by atoms with E-state index in [0.717, 1.165) is 30.4 Å². The molecule has 0 bridgehead atoms. The summed E-state index contributed by atoms with van der Waals surface area (Å²) in [6.45, 7) is 8.50. The average Bonchev–Trinajstić information content (AvgIpc) is 2.40. The highest BCUT2D eigenvalue weighted by Gasteiger charge is 2.52. The van der Waals surface area contributed by atoms with Crippen LogP contribution >= 0.6 is 0 Å². The number of carbonyl (C=O) groups excluding carboxylic acids is 1. The van der Waals surface area contributed by atoms with Crippen molar-refractivity contribution in [2.24, 2.45) is 11.3 Å². The molecule has 2 aliphatic rings. The van der Waals surface area contributed by atoms with E-state index < -0.39 is 5.97 Å². The molecule has 0 spiro atoms. The topological polar surface area (TPSA) is 54.4 Å². The maximum absolute atomic E-state index is 12.7. The second kappa shape index (κ2) is 4.68. The smallest absolute Gasteiger partial charge is 0.335 e. The molecule has 3 nitrogen and oxygen atoms in total. The minimum atomic E-state index is -0.909. The van der Waals surface area contributed by atoms with Gasteiger partial charge in [0.15, 0.2) is 5.78 Å². The number of aryl methyl sites for hydroxylation is 1. The third-order valence-corrected chi connectivity index (χ3v) is 6.13. The maximum Gasteiger partial charge on any atom is 0.335 e. The van der Waals surface area contributed by atoms with Crippen molar-refractivity contribution in [3.05, 3.63) is 34.4 Å². The Kier molecular flexibility index (Phi) is 3.24. The van der Waals surface area contributed by atoms with Crippen LogP contribution in [0, 0.1) is 18.3 Å². The molecule has 0 amide bonds. The zero-order valence-corrected chi connectivity index (χ0v) is 13.8. The van der Waals surface area contributed by atoms with Crippen LogP contribution in [-0.4, -0.2) is 16.9 Å². The van der Waals surface area contributed by atoms with Gasteiger partial charge in [-0.2, -0.15) is 0 Å². The van der Waals surface area contributed by atoms with E-state index in [2.05, 4.69) is 20.8 Å². The number of ketones is 1. The van der Waals surface area contributed by atoms with Gasteiger partial charge in [0, 0.05) is 12.0 Å². The molecule has 1 N–H and O–H groups in total. The number of rotatable bonds is 1. The molecule has 118 valence electrons. The molecule has 0 unspecified atom stereocenters. The molecular weight excluding hydrogens is 276 g/mol. The number of aromatic carboxylic acids is 1. The first-order valence-electron chi connectivity index (χ1n) is 8.08. The first-order chi connectivity index (χ1) is 10.2. The Balaban J connectivity index is 2.24. The van der Waals surface area contributed by atoms with E-state index in [4.69, 9.17) is 0 Å². The third kappa shape index (κ3) is 2.02. The van der Waals surface area contributed by atoms with Gasteiger partial charge in [-0.05, 0) is 59.8 Å². The minimum Gasteiger partial charge on any atom is -0.478 e. The lowest BCUT2D eigenvalue weighted by Crippen LogP contribution is -2.49. The number of hydrogen-bond acceptors (Lipinski definition) is 2. The summed E-state index contributed by atoms with van der Waals surface area (Å²) in [5.41, 5.74) is 2.74. The predicted molar refractivity (Wildman–Crippen MR) is 85.6 cm³/mol. The van der Waals surface area contributed by atoms with Crippen LogP contribution in [0.15, 0.2) is 12.1 Å². The molecule has 1 aromatic carbocycles. The van der Waals surface area contributed by atoms with Crippen molar-refractivity contribution in [2.45, 2.75) is 58.8 Å². The van der Waals surface area contributed by atoms with E-state index in [1.54, 1.807) is 19.1 Å². The van der Waals surface area contributed by atoms with Gasteiger partial charge >= 0.3 is 5.97 Å². The van der Waals surface area contributed by atoms with Crippen molar-refractivity contribution in [3.8, 4) is 0 Å². The van der Waals surface area contributed by atoms with Crippen LogP contribution in [0.2, 0.25) is 0 Å². The normalized spacial score (nSPS) is 29.6. The summed E-state index contributed by atoms with van der Waals surface area (Å²) in [4.78, 5) is 24.2. The van der Waals surface area contributed by atoms with E-state index in [1.165, 1.54) is 0 Å². The monoisotopic (exact) mass is 300 g/mol. The van der Waals surface area contributed by atoms with Gasteiger partial charge in [0.25, 0.3) is 0 Å². The van der Waals surface area contributed by atoms with Gasteiger partial charge in [0.1, 0.15) is 0 Å². The number of benzene rings is 1. The molecule has 2 atom stereocenters. The molecule has 3 heteroatoms. The Morgan fingerprint density at radius 2 is 1.91 bits per heavy atom. The average molecular weight is 300 g/mol. The van der Waals surface area contributed by atoms with Crippen LogP contribution in [0.5, 0.6) is 0 Å². The molecule has 1 aromatic rings. The predicted octanol–water partition coefficient (Wildman–Crippen LogP) is 4.36. The van der Waals surface area contributed by atoms with Crippen LogP contribution in [0.4, 0.5) is 0 Å². The van der Waals surface area contributed by atoms with Gasteiger partial charge in [-0.1, -0.05) is 27.2 Å². The Morgan fingerprint density at radius 1 is 1.23 bits per heavy atom. The van der Waals surface area contributed by atoms with Crippen LogP contribution in [0.25, 0.3) is 0 Å². The lowest BCUT2D eigenvalue weighted by Gasteiger charge is -2.54. The van der Waals surface area contributed by atoms with Crippen molar-refractivity contribution in [3.63, 3.8) is 0 Å². The number of Topliss-reactive ketones (excluding diaryl/α,β-unsaturated/α-hetero) is 1. The lowest BCUT2D eigenvalue weighted by atomic mass is 9.50. The molecule has 0 heterocycles. The zero-order valence-electron chi connectivity index (χ0n) is 13.8. The summed E-state index contributed by atoms with van der Waals surface area (Å²) in [7, 11) is 0. The number of fused-ring (bicyclic) bond motifs is 3. The summed E-state index contributed by atoms with van der Waals surface area (Å²) in [6, 6.07) is 3.57. The second-order valence-electron chi connectivity index (χ2n) is 7.96. The van der Waals surface area contributed by atoms with Crippen LogP contribution in [0.3, 0.4) is 0 Å². The Bertz CT molecular complexity index is 672. The molecule has 22 heavy (non-hydrogen) atoms. The minimum absolute atomic E-state index is 0.0944. The van der Waals surface area contributed by atoms with E-state index in [9.17, 15) is 14.7 Å². The summed E-state index contributed by atoms with van der Waals surface area (Å²) in [6.07, 6.45) is 3.88. The van der Waals surface area contributed by atoms with E-state index in [0.29, 0.717) is 17.5 Å². The van der Waals surface area contributed by atoms with Crippen LogP contribution in [0.1, 0.15) is 78.3 Å². The number of hydrogen-bond donors (Lipinski definition) is 1. The summed E-state index contributed by atoms with van der Waals surface area (Å²) in [5, 5.41) is 9.43. The molecule has 1 saturated carbocycles. The fourth-order valence-electron chi connectivity index (χ4n) is 4.88. The molecule has 2 aliphatic carbocycles. The molecule has 0 saturated heterocycles. The molecule has 1 fully saturated rings. The quantitative estimate of drug-likeness (QED) is 0.838. The number of carboxylic acids is 1. The summed E-state index contributed by atoms with van der Waals surface area (Å²) in [5.74, 6) is -0.445. The van der Waals surface area contributed by atoms with Gasteiger partial charge in [-0.3, -0.25) is 4.79 Å². The molecule has 0 radical (unpaired) electrons. The van der Waals surface area contributed by atoms with E-state index in [1.807, 2.05) is 0 Å². The van der Waals surface area contributed by atoms with Crippen molar-refractivity contribution in [1.29, 1.82) is 0 Å². The van der Waals surface area contributed by atoms with Crippen molar-refractivity contribution in [2.75, 3.05) is 0 Å². The Morgan fingerprint density at radius 3 is 2.55 bits per heavy atom. The van der Waals surface area contributed by atoms with Crippen molar-refractivity contribution in [1.82, 2.24) is 0 Å². The highest BCUT2D eigenvalue weighted by Crippen LogP contribution is 2.57. The molecule has 3 rings (SSSR count). The first-order valence-corrected chi connectivity index (χ1v) is 8.08. The van der Waals surface area contributed by atoms with Crippen molar-refractivity contribution >= 4 is 11.8 Å². The van der Waals surface area contributed by atoms with Crippen molar-refractivity contribution < 1.29 is 14.7 Å². The highest BCUT2D eigenvalue weighted by atomic mass is 16.4. The first kappa shape index (κ1) is 15.3. The van der Waals surface area contributed by atoms with Gasteiger partial charge in [0.05, 0.1) is 5.56 Å². The number of carbonyl (C=O) groups is 2. The third-order valence-electron chi connectivity index (χ3n) is 6.13. The van der Waals surface area contributed by atoms with Gasteiger partial charge < -0.3 is 5.11 Å². The fourth-order valence-corrected chi connectivity index (χ4v) is 4.88. The Hall–Kier alpha value is -1.64. The maximum atomic E-state index is 12.7. The largest absolute Gasteiger partial charge is 0.478 e. The van der Waals surface area contributed by atoms with Crippen LogP contribution in [-0.2, 0) is 5.41 Å². The second-order valence-corrected chi connectivity index (χ2v) is 7.96. The van der Waals surface area contributed by atoms with Gasteiger partial charge in [0.2, 0.25) is 0 Å². The van der Waals surface area contributed by atoms with E-state index >= 15 is 0 Å². The molecule has 0 aromatic heterocycles. The van der Waals surface area contributed by atoms with Gasteiger partial charge in [-0.25, -0.2) is 4.79 Å². The molecular formula is C19H24O3. The fraction of sp³-hybridized carbons (Fsp3) is 0.579. The summed E-state index contributed by atoms with van der Waals surface area (Å²) < 4.78 is 0. The van der Waals surface area contributed by atoms with Gasteiger partial charge in [-0.15, -0.1) is 0 Å². The van der Waals surface area contributed by atoms with E-state index in [-0.39, 0.29) is 22.5 Å². The SMILES string of the molecule is Cc1cc2c(cc1C(=O)O)[C@@]1(C)CCCC(C)(C)[C@@H]1CC2=O. The summed E-state index contributed by atoms with van der Waals surface area (Å²) >= 11 is 0. The standard InChI is InChI=1S/C19H24O3/c1-11-8-13-14(9-12(11)17(21)22)19(4)7-5-6-18(2,3)16(19)10-15(13)20/h8-9,16H,5-7,10H2,1-4H3,(H,21,22)/t16-,19+/m0/s1. The Labute approximate surface area is 131 Å². The lowest BCUT2D eigenvalue weighted by molar-refractivity contribution is 0.0367.